The Morgan fingerprint density at radius 2 is 1.78 bits per heavy atom. The van der Waals surface area contributed by atoms with Gasteiger partial charge in [0.2, 0.25) is 0 Å². The molecule has 0 aliphatic carbocycles. The number of carbonyl (C=O) groups is 2. The summed E-state index contributed by atoms with van der Waals surface area (Å²) < 4.78 is 21.7. The van der Waals surface area contributed by atoms with Crippen molar-refractivity contribution in [3.63, 3.8) is 0 Å². The first-order valence-electron chi connectivity index (χ1n) is 12.7. The van der Waals surface area contributed by atoms with Crippen LogP contribution in [0.1, 0.15) is 45.2 Å². The molecule has 0 N–H and O–H groups in total. The van der Waals surface area contributed by atoms with E-state index in [0.717, 1.165) is 16.7 Å². The maximum Gasteiger partial charge on any atom is 0.410 e. The molecule has 36 heavy (non-hydrogen) atoms. The van der Waals surface area contributed by atoms with Crippen LogP contribution in [-0.2, 0) is 30.3 Å². The van der Waals surface area contributed by atoms with Gasteiger partial charge in [-0.3, -0.25) is 9.69 Å². The summed E-state index contributed by atoms with van der Waals surface area (Å²) in [5, 5.41) is 0. The van der Waals surface area contributed by atoms with Crippen LogP contribution in [0.25, 0.3) is 5.57 Å². The summed E-state index contributed by atoms with van der Waals surface area (Å²) in [6.07, 6.45) is 2.12. The molecule has 0 aromatic heterocycles. The highest BCUT2D eigenvalue weighted by molar-refractivity contribution is 5.78. The topological polar surface area (TPSA) is 77.5 Å². The molecule has 1 fully saturated rings. The van der Waals surface area contributed by atoms with Crippen molar-refractivity contribution in [3.05, 3.63) is 41.5 Å². The lowest BCUT2D eigenvalue weighted by Gasteiger charge is -2.50. The van der Waals surface area contributed by atoms with Gasteiger partial charge in [-0.2, -0.15) is 0 Å². The number of amides is 1. The number of hydrogen-bond donors (Lipinski definition) is 0. The second kappa shape index (κ2) is 12.2. The number of rotatable bonds is 9. The van der Waals surface area contributed by atoms with Crippen LogP contribution in [0.4, 0.5) is 4.79 Å². The summed E-state index contributed by atoms with van der Waals surface area (Å²) >= 11 is 0. The molecule has 2 aliphatic heterocycles. The van der Waals surface area contributed by atoms with Gasteiger partial charge < -0.3 is 23.8 Å². The van der Waals surface area contributed by atoms with Crippen LogP contribution in [-0.4, -0.2) is 87.1 Å². The fourth-order valence-corrected chi connectivity index (χ4v) is 4.95. The fraction of sp³-hybridized carbons (Fsp3) is 0.643. The Bertz CT molecular complexity index is 923. The normalized spacial score (nSPS) is 23.1. The van der Waals surface area contributed by atoms with Gasteiger partial charge in [-0.1, -0.05) is 37.3 Å². The Morgan fingerprint density at radius 1 is 1.08 bits per heavy atom. The third kappa shape index (κ3) is 7.31. The van der Waals surface area contributed by atoms with Crippen LogP contribution in [0.5, 0.6) is 0 Å². The second-order valence-electron chi connectivity index (χ2n) is 11.0. The molecule has 3 rings (SSSR count). The fourth-order valence-electron chi connectivity index (χ4n) is 4.95. The van der Waals surface area contributed by atoms with Gasteiger partial charge in [-0.25, -0.2) is 4.79 Å². The highest BCUT2D eigenvalue weighted by atomic mass is 16.6. The number of carbonyl (C=O) groups excluding carboxylic acids is 2. The third-order valence-electron chi connectivity index (χ3n) is 6.77. The van der Waals surface area contributed by atoms with Gasteiger partial charge in [0.25, 0.3) is 0 Å². The molecule has 2 aliphatic rings. The molecule has 4 atom stereocenters. The van der Waals surface area contributed by atoms with Gasteiger partial charge in [0.1, 0.15) is 5.60 Å². The highest BCUT2D eigenvalue weighted by Gasteiger charge is 2.44. The van der Waals surface area contributed by atoms with Crippen LogP contribution in [0.2, 0.25) is 0 Å². The van der Waals surface area contributed by atoms with Crippen LogP contribution < -0.4 is 0 Å². The van der Waals surface area contributed by atoms with Gasteiger partial charge >= 0.3 is 12.1 Å². The Balaban J connectivity index is 1.80. The lowest BCUT2D eigenvalue weighted by atomic mass is 9.77. The van der Waals surface area contributed by atoms with Gasteiger partial charge in [0.15, 0.2) is 0 Å². The molecule has 1 saturated heterocycles. The second-order valence-corrected chi connectivity index (χ2v) is 11.0. The van der Waals surface area contributed by atoms with Crippen molar-refractivity contribution in [2.24, 2.45) is 11.8 Å². The average molecular weight is 503 g/mol. The van der Waals surface area contributed by atoms with E-state index in [1.807, 2.05) is 20.8 Å². The summed E-state index contributed by atoms with van der Waals surface area (Å²) in [6, 6.07) is 8.35. The molecule has 3 unspecified atom stereocenters. The standard InChI is InChI=1S/C28H42N2O6/c1-19(16-33-6)17-35-18-20-8-10-21(11-9-20)23-12-22-14-30(27(32)36-28(2,3)4)15-25(29(22)5)24(23)13-26(31)34-7/h8-12,19,22,24-25H,13-18H2,1-7H3/t19-,22?,24?,25?/m0/s1. The van der Waals surface area contributed by atoms with E-state index in [1.165, 1.54) is 7.11 Å². The number of esters is 1. The number of likely N-dealkylation sites (N-methyl/N-ethyl adjacent to an activating group) is 1. The van der Waals surface area contributed by atoms with E-state index >= 15 is 0 Å². The molecule has 1 amide bonds. The molecule has 1 aromatic rings. The quantitative estimate of drug-likeness (QED) is 0.473. The minimum atomic E-state index is -0.560. The van der Waals surface area contributed by atoms with Gasteiger partial charge in [0, 0.05) is 44.1 Å². The van der Waals surface area contributed by atoms with E-state index < -0.39 is 5.60 Å². The summed E-state index contributed by atoms with van der Waals surface area (Å²) in [7, 11) is 5.17. The van der Waals surface area contributed by atoms with E-state index in [1.54, 1.807) is 12.0 Å². The lowest BCUT2D eigenvalue weighted by molar-refractivity contribution is -0.142. The SMILES string of the molecule is COC[C@H](C)COCc1ccc(C2=CC3CN(C(=O)OC(C)(C)C)CC(C2CC(=O)OC)N3C)cc1. The molecule has 0 saturated carbocycles. The van der Waals surface area contributed by atoms with Gasteiger partial charge in [-0.15, -0.1) is 0 Å². The molecule has 0 spiro atoms. The lowest BCUT2D eigenvalue weighted by Crippen LogP contribution is -2.62. The Hall–Kier alpha value is -2.42. The van der Waals surface area contributed by atoms with Crippen molar-refractivity contribution in [3.8, 4) is 0 Å². The van der Waals surface area contributed by atoms with Crippen LogP contribution in [0, 0.1) is 11.8 Å². The van der Waals surface area contributed by atoms with Crippen molar-refractivity contribution in [1.29, 1.82) is 0 Å². The number of piperazine rings is 1. The van der Waals surface area contributed by atoms with Gasteiger partial charge in [-0.05, 0) is 44.5 Å². The summed E-state index contributed by atoms with van der Waals surface area (Å²) in [4.78, 5) is 29.3. The smallest absolute Gasteiger partial charge is 0.410 e. The van der Waals surface area contributed by atoms with Gasteiger partial charge in [0.05, 0.1) is 33.4 Å². The molecule has 8 heteroatoms. The summed E-state index contributed by atoms with van der Waals surface area (Å²) in [5.41, 5.74) is 2.74. The predicted octanol–water partition coefficient (Wildman–Crippen LogP) is 3.98. The minimum Gasteiger partial charge on any atom is -0.469 e. The van der Waals surface area contributed by atoms with Crippen molar-refractivity contribution in [2.45, 2.75) is 58.4 Å². The maximum atomic E-state index is 12.8. The number of fused-ring (bicyclic) bond motifs is 2. The number of nitrogens with zero attached hydrogens (tertiary/aromatic N) is 2. The number of hydrogen-bond acceptors (Lipinski definition) is 7. The minimum absolute atomic E-state index is 0.0272. The van der Waals surface area contributed by atoms with Crippen LogP contribution >= 0.6 is 0 Å². The van der Waals surface area contributed by atoms with E-state index in [4.69, 9.17) is 18.9 Å². The van der Waals surface area contributed by atoms with Crippen LogP contribution in [0.3, 0.4) is 0 Å². The Labute approximate surface area is 215 Å². The zero-order valence-corrected chi connectivity index (χ0v) is 22.8. The first-order valence-corrected chi connectivity index (χ1v) is 12.7. The molecular weight excluding hydrogens is 460 g/mol. The van der Waals surface area contributed by atoms with Crippen molar-refractivity contribution in [1.82, 2.24) is 9.80 Å². The molecule has 200 valence electrons. The largest absolute Gasteiger partial charge is 0.469 e. The molecule has 0 radical (unpaired) electrons. The van der Waals surface area contributed by atoms with E-state index in [2.05, 4.69) is 49.2 Å². The Morgan fingerprint density at radius 3 is 2.39 bits per heavy atom. The van der Waals surface area contributed by atoms with Crippen molar-refractivity contribution in [2.75, 3.05) is 47.6 Å². The van der Waals surface area contributed by atoms with E-state index in [-0.39, 0.29) is 36.5 Å². The maximum absolute atomic E-state index is 12.8. The zero-order chi connectivity index (χ0) is 26.5. The Kier molecular flexibility index (Phi) is 9.55. The molecule has 8 nitrogen and oxygen atoms in total. The summed E-state index contributed by atoms with van der Waals surface area (Å²) in [5.74, 6) is -0.0272. The van der Waals surface area contributed by atoms with Crippen LogP contribution in [0.15, 0.2) is 30.3 Å². The average Bonchev–Trinajstić information content (AvgIpc) is 2.80. The highest BCUT2D eigenvalue weighted by Crippen LogP contribution is 2.39. The summed E-state index contributed by atoms with van der Waals surface area (Å²) in [6.45, 7) is 10.6. The number of benzene rings is 1. The molecule has 2 bridgehead atoms. The zero-order valence-electron chi connectivity index (χ0n) is 22.8. The first kappa shape index (κ1) is 28.2. The molecule has 1 aromatic carbocycles. The molecular formula is C28H42N2O6. The van der Waals surface area contributed by atoms with Crippen molar-refractivity contribution >= 4 is 17.6 Å². The number of ether oxygens (including phenoxy) is 4. The van der Waals surface area contributed by atoms with Crippen molar-refractivity contribution < 1.29 is 28.5 Å². The first-order chi connectivity index (χ1) is 17.0. The number of methoxy groups -OCH3 is 2. The predicted molar refractivity (Wildman–Crippen MR) is 138 cm³/mol. The van der Waals surface area contributed by atoms with E-state index in [9.17, 15) is 9.59 Å². The third-order valence-corrected chi connectivity index (χ3v) is 6.77. The molecule has 2 heterocycles. The van der Waals surface area contributed by atoms with E-state index in [0.29, 0.717) is 38.8 Å². The monoisotopic (exact) mass is 502 g/mol.